The van der Waals surface area contributed by atoms with Crippen molar-refractivity contribution >= 4 is 84.3 Å². The van der Waals surface area contributed by atoms with Gasteiger partial charge in [0.15, 0.2) is 33.7 Å². The first-order valence-electron chi connectivity index (χ1n) is 28.5. The van der Waals surface area contributed by atoms with E-state index in [1.54, 1.807) is 72.5 Å². The van der Waals surface area contributed by atoms with Gasteiger partial charge >= 0.3 is 0 Å². The molecule has 89 heavy (non-hydrogen) atoms. The van der Waals surface area contributed by atoms with Crippen LogP contribution in [0.5, 0.6) is 23.0 Å². The Morgan fingerprint density at radius 1 is 0.730 bits per heavy atom. The smallest absolute Gasteiger partial charge is 0.288 e. The number of amides is 7. The molecule has 5 aliphatic rings. The average molecular weight is 1260 g/mol. The first-order chi connectivity index (χ1) is 42.4. The molecule has 0 bridgehead atoms. The first kappa shape index (κ1) is 64.2. The Balaban J connectivity index is 0.931. The van der Waals surface area contributed by atoms with Crippen molar-refractivity contribution in [3.8, 4) is 23.0 Å². The highest BCUT2D eigenvalue weighted by molar-refractivity contribution is 7.86. The lowest BCUT2D eigenvalue weighted by Gasteiger charge is -2.28. The van der Waals surface area contributed by atoms with E-state index >= 15 is 0 Å². The summed E-state index contributed by atoms with van der Waals surface area (Å²) in [6, 6.07) is 12.9. The molecule has 0 saturated carbocycles. The van der Waals surface area contributed by atoms with Crippen LogP contribution < -0.4 is 55.7 Å². The predicted molar refractivity (Wildman–Crippen MR) is 327 cm³/mol. The zero-order valence-electron chi connectivity index (χ0n) is 49.4. The van der Waals surface area contributed by atoms with Crippen LogP contribution >= 0.6 is 0 Å². The van der Waals surface area contributed by atoms with Crippen molar-refractivity contribution in [3.05, 3.63) is 143 Å². The lowest BCUT2D eigenvalue weighted by Crippen LogP contribution is -2.50. The molecule has 0 aromatic heterocycles. The monoisotopic (exact) mass is 1260 g/mol. The van der Waals surface area contributed by atoms with Gasteiger partial charge in [-0.05, 0) is 111 Å². The number of hydrogen-bond donors (Lipinski definition) is 8. The summed E-state index contributed by atoms with van der Waals surface area (Å²) in [6.07, 6.45) is 9.27. The van der Waals surface area contributed by atoms with Crippen molar-refractivity contribution in [1.82, 2.24) is 25.8 Å². The largest absolute Gasteiger partial charge is 0.493 e. The normalized spacial score (nSPS) is 19.1. The van der Waals surface area contributed by atoms with E-state index in [9.17, 15) is 59.5 Å². The van der Waals surface area contributed by atoms with Crippen LogP contribution in [0.2, 0.25) is 0 Å². The Kier molecular flexibility index (Phi) is 19.5. The number of rotatable bonds is 25. The van der Waals surface area contributed by atoms with Crippen LogP contribution in [0.3, 0.4) is 0 Å². The third-order valence-corrected chi connectivity index (χ3v) is 17.8. The van der Waals surface area contributed by atoms with Gasteiger partial charge in [0.2, 0.25) is 29.5 Å². The Morgan fingerprint density at radius 3 is 1.84 bits per heavy atom. The van der Waals surface area contributed by atoms with Crippen LogP contribution in [0.15, 0.2) is 115 Å². The summed E-state index contributed by atoms with van der Waals surface area (Å²) in [5.41, 5.74) is 3.17. The van der Waals surface area contributed by atoms with Crippen molar-refractivity contribution in [2.45, 2.75) is 107 Å². The molecule has 472 valence electrons. The summed E-state index contributed by atoms with van der Waals surface area (Å²) in [6.45, 7) is 9.11. The number of allylic oxidation sites excluding steroid dienone is 3. The third-order valence-electron chi connectivity index (χ3n) is 15.7. The summed E-state index contributed by atoms with van der Waals surface area (Å²) in [7, 11) is -7.02. The summed E-state index contributed by atoms with van der Waals surface area (Å²) < 4.78 is 97.4. The fraction of sp³-hybridized carbons (Fsp3) is 0.361. The number of methoxy groups -OCH3 is 2. The van der Waals surface area contributed by atoms with Crippen LogP contribution in [-0.2, 0) is 63.8 Å². The lowest BCUT2D eigenvalue weighted by atomic mass is 10.1. The van der Waals surface area contributed by atoms with Gasteiger partial charge in [0.05, 0.1) is 48.8 Å². The molecule has 0 fully saturated rings. The SMILES string of the molecule is C=CC1=C(/C=C\C)C[C@H]2C(S(=O)(=O)O)Nc3cc(OCc4cc(COc5cc6c(cc5OC)C(=O)N5c7ccccc7C[C@H]5C(S(=O)(=O)O)N6)cc(NC(=O)[C@H](C)NC(=O)[C@H](C)NC(=O)CCCCC(=O)NCCN5CC=CC5=O)c4)c(OC)cc3C(=O)N12. The Bertz CT molecular complexity index is 3850. The highest BCUT2D eigenvalue weighted by Gasteiger charge is 2.49. The van der Waals surface area contributed by atoms with Gasteiger partial charge in [-0.2, -0.15) is 16.8 Å². The molecule has 4 aromatic rings. The number of nitrogens with one attached hydrogen (secondary N) is 6. The second-order valence-electron chi connectivity index (χ2n) is 21.8. The van der Waals surface area contributed by atoms with Gasteiger partial charge in [0.1, 0.15) is 25.3 Å². The maximum Gasteiger partial charge on any atom is 0.288 e. The summed E-state index contributed by atoms with van der Waals surface area (Å²) >= 11 is 0. The van der Waals surface area contributed by atoms with Crippen molar-refractivity contribution in [3.63, 3.8) is 0 Å². The lowest BCUT2D eigenvalue weighted by molar-refractivity contribution is -0.130. The average Bonchev–Trinajstić information content (AvgIpc) is 1.78. The molecule has 9 rings (SSSR count). The van der Waals surface area contributed by atoms with Crippen LogP contribution in [-0.4, -0.2) is 146 Å². The number of unbranched alkanes of at least 4 members (excludes halogenated alkanes) is 1. The summed E-state index contributed by atoms with van der Waals surface area (Å²) in [5.74, 6) is -3.11. The quantitative estimate of drug-likeness (QED) is 0.0321. The molecule has 7 amide bonds. The minimum Gasteiger partial charge on any atom is -0.493 e. The van der Waals surface area contributed by atoms with Gasteiger partial charge in [0, 0.05) is 67.8 Å². The fourth-order valence-electron chi connectivity index (χ4n) is 11.3. The maximum absolute atomic E-state index is 14.4. The van der Waals surface area contributed by atoms with Crippen LogP contribution in [0.25, 0.3) is 0 Å². The molecule has 5 aliphatic heterocycles. The predicted octanol–water partition coefficient (Wildman–Crippen LogP) is 4.97. The van der Waals surface area contributed by atoms with Crippen LogP contribution in [0.4, 0.5) is 22.7 Å². The summed E-state index contributed by atoms with van der Waals surface area (Å²) in [5, 5.41) is 13.2. The minimum absolute atomic E-state index is 0.00199. The fourth-order valence-corrected chi connectivity index (χ4v) is 13.1. The number of ether oxygens (including phenoxy) is 4. The molecule has 2 unspecified atom stereocenters. The van der Waals surface area contributed by atoms with E-state index in [2.05, 4.69) is 38.5 Å². The number of carbonyl (C=O) groups excluding carboxylic acids is 7. The highest BCUT2D eigenvalue weighted by atomic mass is 32.2. The van der Waals surface area contributed by atoms with E-state index in [0.717, 1.165) is 0 Å². The molecule has 8 N–H and O–H groups in total. The maximum atomic E-state index is 14.4. The summed E-state index contributed by atoms with van der Waals surface area (Å²) in [4.78, 5) is 97.1. The number of hydrogen-bond acceptors (Lipinski definition) is 17. The van der Waals surface area contributed by atoms with Crippen LogP contribution in [0, 0.1) is 0 Å². The number of anilines is 4. The third kappa shape index (κ3) is 14.4. The molecule has 4 aromatic carbocycles. The number of para-hydroxylation sites is 1. The van der Waals surface area contributed by atoms with E-state index in [-0.39, 0.29) is 102 Å². The standard InChI is InChI=1S/C61H69N9O17S2/c1-7-14-38-26-47-58(88(78,79)80)66-43-30-51(49(84-5)28-41(43)60(76)69(47)45(38)8-2)86-32-36-23-37(33-87-52-31-44-42(29-50(52)85-6)61(77)70-46-16-10-9-15-39(46)27-48(70)59(67-44)89(81,82)83)25-40(24-36)65-57(75)35(4)64-56(74)34(3)63-54(72)18-12-11-17-53(71)62-20-22-68-21-13-19-55(68)73/h7-10,13-16,19,23-25,28-31,34-35,47-48,58-59,66-67H,2,11-12,17-18,20-22,26-27,32-33H2,1,3-6H3,(H,62,71)(H,63,72)(H,64,74)(H,65,75)(H,78,79,80)(H,81,82,83)/b14-7-/t34-,35-,47-,48-,58?,59?/m0/s1. The molecule has 6 atom stereocenters. The first-order valence-corrected chi connectivity index (χ1v) is 31.6. The number of fused-ring (bicyclic) bond motifs is 6. The second kappa shape index (κ2) is 27.0. The minimum atomic E-state index is -4.87. The van der Waals surface area contributed by atoms with E-state index in [1.807, 2.05) is 0 Å². The highest BCUT2D eigenvalue weighted by Crippen LogP contribution is 2.45. The van der Waals surface area contributed by atoms with Gasteiger partial charge in [-0.25, -0.2) is 0 Å². The van der Waals surface area contributed by atoms with Crippen molar-refractivity contribution < 1.29 is 78.5 Å². The molecule has 0 aliphatic carbocycles. The van der Waals surface area contributed by atoms with E-state index in [1.165, 1.54) is 74.3 Å². The van der Waals surface area contributed by atoms with Gasteiger partial charge in [-0.15, -0.1) is 0 Å². The molecular weight excluding hydrogens is 1190 g/mol. The van der Waals surface area contributed by atoms with Crippen LogP contribution in [0.1, 0.15) is 90.3 Å². The zero-order chi connectivity index (χ0) is 64.1. The zero-order valence-corrected chi connectivity index (χ0v) is 51.0. The number of benzene rings is 4. The Morgan fingerprint density at radius 2 is 1.29 bits per heavy atom. The van der Waals surface area contributed by atoms with Crippen molar-refractivity contribution in [2.24, 2.45) is 0 Å². The topological polar surface area (TPSA) is 347 Å². The van der Waals surface area contributed by atoms with Gasteiger partial charge < -0.3 is 65.5 Å². The Labute approximate surface area is 514 Å². The molecule has 0 radical (unpaired) electrons. The van der Waals surface area contributed by atoms with Gasteiger partial charge in [0.25, 0.3) is 32.1 Å². The van der Waals surface area contributed by atoms with Gasteiger partial charge in [-0.1, -0.05) is 43.0 Å². The van der Waals surface area contributed by atoms with Gasteiger partial charge in [-0.3, -0.25) is 42.7 Å². The number of carbonyl (C=O) groups is 7. The molecule has 26 nitrogen and oxygen atoms in total. The number of nitrogens with zero attached hydrogens (tertiary/aromatic N) is 3. The van der Waals surface area contributed by atoms with Crippen molar-refractivity contribution in [2.75, 3.05) is 54.7 Å². The Hall–Kier alpha value is -9.25. The molecule has 0 saturated heterocycles. The molecule has 5 heterocycles. The molecular formula is C61H69N9O17S2. The van der Waals surface area contributed by atoms with E-state index in [4.69, 9.17) is 18.9 Å². The molecule has 0 spiro atoms. The van der Waals surface area contributed by atoms with E-state index < -0.39 is 84.7 Å². The second-order valence-corrected chi connectivity index (χ2v) is 24.8. The molecule has 28 heteroatoms. The van der Waals surface area contributed by atoms with Crippen molar-refractivity contribution in [1.29, 1.82) is 0 Å². The van der Waals surface area contributed by atoms with E-state index in [0.29, 0.717) is 66.1 Å².